The fourth-order valence-corrected chi connectivity index (χ4v) is 3.43. The number of amides is 1. The van der Waals surface area contributed by atoms with Gasteiger partial charge in [0.05, 0.1) is 23.7 Å². The van der Waals surface area contributed by atoms with Crippen molar-refractivity contribution in [3.8, 4) is 5.75 Å². The van der Waals surface area contributed by atoms with E-state index in [1.807, 2.05) is 6.92 Å². The van der Waals surface area contributed by atoms with Crippen LogP contribution in [0.25, 0.3) is 5.65 Å². The maximum absolute atomic E-state index is 13.0. The molecule has 1 unspecified atom stereocenters. The summed E-state index contributed by atoms with van der Waals surface area (Å²) in [5.74, 6) is 0.296. The van der Waals surface area contributed by atoms with Gasteiger partial charge in [-0.05, 0) is 26.0 Å². The molecule has 0 radical (unpaired) electrons. The number of carbonyl (C=O) groups excluding carboxylic acids is 1. The smallest absolute Gasteiger partial charge is 0.276 e. The fraction of sp³-hybridized carbons (Fsp3) is 0.278. The van der Waals surface area contributed by atoms with Gasteiger partial charge in [-0.3, -0.25) is 14.7 Å². The Labute approximate surface area is 154 Å². The number of rotatable bonds is 2. The normalized spacial score (nSPS) is 16.4. The molecule has 1 amide bonds. The number of aromatic amines is 1. The van der Waals surface area contributed by atoms with Gasteiger partial charge in [-0.15, -0.1) is 0 Å². The number of carbonyl (C=O) groups is 1. The maximum Gasteiger partial charge on any atom is 0.276 e. The summed E-state index contributed by atoms with van der Waals surface area (Å²) in [6.45, 7) is 4.01. The number of anilines is 1. The lowest BCUT2D eigenvalue weighted by molar-refractivity contribution is -0.118. The molecule has 1 aromatic carbocycles. The third-order valence-electron chi connectivity index (χ3n) is 4.47. The van der Waals surface area contributed by atoms with Crippen molar-refractivity contribution in [3.05, 3.63) is 57.1 Å². The van der Waals surface area contributed by atoms with E-state index in [-0.39, 0.29) is 24.0 Å². The molecular weight excluding hydrogens is 356 g/mol. The molecule has 7 nitrogen and oxygen atoms in total. The largest absolute Gasteiger partial charge is 0.485 e. The lowest BCUT2D eigenvalue weighted by Gasteiger charge is -2.34. The highest BCUT2D eigenvalue weighted by atomic mass is 35.5. The Bertz CT molecular complexity index is 1070. The number of H-pyrrole nitrogens is 1. The molecule has 2 aromatic heterocycles. The highest BCUT2D eigenvalue weighted by Crippen LogP contribution is 2.39. The summed E-state index contributed by atoms with van der Waals surface area (Å²) in [6.07, 6.45) is 1.40. The van der Waals surface area contributed by atoms with Crippen molar-refractivity contribution in [1.29, 1.82) is 0 Å². The van der Waals surface area contributed by atoms with Crippen molar-refractivity contribution < 1.29 is 9.53 Å². The summed E-state index contributed by atoms with van der Waals surface area (Å²) in [6, 6.07) is 6.99. The standard InChI is InChI=1S/C18H17ClN4O3/c1-10-9-22(14-5-3-4-13(19)17(14)26-10)16(24)8-12-11(2)21-15-6-7-20-23(15)18(12)25/h3-7,10,20H,8-9H2,1-2H3. The number of ether oxygens (including phenoxy) is 1. The molecule has 3 aromatic rings. The van der Waals surface area contributed by atoms with Gasteiger partial charge in [-0.2, -0.15) is 0 Å². The molecule has 0 bridgehead atoms. The van der Waals surface area contributed by atoms with Crippen LogP contribution in [0.15, 0.2) is 35.3 Å². The van der Waals surface area contributed by atoms with Crippen molar-refractivity contribution in [3.63, 3.8) is 0 Å². The number of para-hydroxylation sites is 1. The van der Waals surface area contributed by atoms with E-state index in [4.69, 9.17) is 16.3 Å². The molecule has 0 fully saturated rings. The Kier molecular flexibility index (Phi) is 3.96. The van der Waals surface area contributed by atoms with Gasteiger partial charge in [0.15, 0.2) is 11.4 Å². The second-order valence-electron chi connectivity index (χ2n) is 6.33. The topological polar surface area (TPSA) is 79.7 Å². The van der Waals surface area contributed by atoms with E-state index < -0.39 is 0 Å². The molecule has 0 aliphatic carbocycles. The first-order valence-corrected chi connectivity index (χ1v) is 8.64. The van der Waals surface area contributed by atoms with Crippen LogP contribution in [0.4, 0.5) is 5.69 Å². The number of fused-ring (bicyclic) bond motifs is 2. The molecule has 0 saturated carbocycles. The van der Waals surface area contributed by atoms with Crippen LogP contribution < -0.4 is 15.2 Å². The minimum Gasteiger partial charge on any atom is -0.485 e. The van der Waals surface area contributed by atoms with E-state index >= 15 is 0 Å². The molecule has 0 spiro atoms. The highest BCUT2D eigenvalue weighted by molar-refractivity contribution is 6.32. The molecule has 1 aliphatic rings. The van der Waals surface area contributed by atoms with Gasteiger partial charge >= 0.3 is 0 Å². The molecular formula is C18H17ClN4O3. The number of halogens is 1. The van der Waals surface area contributed by atoms with Crippen LogP contribution in [0, 0.1) is 6.92 Å². The first-order valence-electron chi connectivity index (χ1n) is 8.27. The van der Waals surface area contributed by atoms with Crippen LogP contribution in [0.2, 0.25) is 5.02 Å². The monoisotopic (exact) mass is 372 g/mol. The summed E-state index contributed by atoms with van der Waals surface area (Å²) < 4.78 is 7.11. The van der Waals surface area contributed by atoms with Gasteiger partial charge in [-0.25, -0.2) is 9.50 Å². The molecule has 8 heteroatoms. The van der Waals surface area contributed by atoms with Gasteiger partial charge in [0, 0.05) is 23.5 Å². The van der Waals surface area contributed by atoms with E-state index in [2.05, 4.69) is 10.1 Å². The van der Waals surface area contributed by atoms with Crippen molar-refractivity contribution in [2.75, 3.05) is 11.4 Å². The van der Waals surface area contributed by atoms with Crippen LogP contribution in [0.3, 0.4) is 0 Å². The van der Waals surface area contributed by atoms with E-state index in [1.54, 1.807) is 42.3 Å². The van der Waals surface area contributed by atoms with Crippen LogP contribution in [0.1, 0.15) is 18.2 Å². The number of aryl methyl sites for hydroxylation is 1. The van der Waals surface area contributed by atoms with Crippen LogP contribution in [0.5, 0.6) is 5.75 Å². The predicted molar refractivity (Wildman–Crippen MR) is 98.1 cm³/mol. The first-order chi connectivity index (χ1) is 12.5. The Morgan fingerprint density at radius 3 is 3.04 bits per heavy atom. The molecule has 26 heavy (non-hydrogen) atoms. The highest BCUT2D eigenvalue weighted by Gasteiger charge is 2.30. The van der Waals surface area contributed by atoms with Gasteiger partial charge in [0.2, 0.25) is 5.91 Å². The third-order valence-corrected chi connectivity index (χ3v) is 4.77. The Morgan fingerprint density at radius 1 is 1.42 bits per heavy atom. The van der Waals surface area contributed by atoms with E-state index in [0.29, 0.717) is 39.9 Å². The average molecular weight is 373 g/mol. The number of hydrogen-bond acceptors (Lipinski definition) is 4. The number of benzene rings is 1. The molecule has 1 aliphatic heterocycles. The van der Waals surface area contributed by atoms with Gasteiger partial charge < -0.3 is 9.64 Å². The summed E-state index contributed by atoms with van der Waals surface area (Å²) in [7, 11) is 0. The van der Waals surface area contributed by atoms with E-state index in [9.17, 15) is 9.59 Å². The summed E-state index contributed by atoms with van der Waals surface area (Å²) >= 11 is 6.21. The molecule has 4 rings (SSSR count). The Balaban J connectivity index is 1.72. The summed E-state index contributed by atoms with van der Waals surface area (Å²) in [5, 5.41) is 3.27. The molecule has 134 valence electrons. The quantitative estimate of drug-likeness (QED) is 0.748. The third kappa shape index (κ3) is 2.64. The average Bonchev–Trinajstić information content (AvgIpc) is 3.07. The second-order valence-corrected chi connectivity index (χ2v) is 6.74. The van der Waals surface area contributed by atoms with E-state index in [0.717, 1.165) is 0 Å². The zero-order valence-electron chi connectivity index (χ0n) is 14.3. The lowest BCUT2D eigenvalue weighted by atomic mass is 10.1. The lowest BCUT2D eigenvalue weighted by Crippen LogP contribution is -2.43. The number of aromatic nitrogens is 3. The Hall–Kier alpha value is -2.80. The first kappa shape index (κ1) is 16.7. The minimum atomic E-state index is -0.265. The zero-order chi connectivity index (χ0) is 18.4. The van der Waals surface area contributed by atoms with Crippen LogP contribution in [-0.2, 0) is 11.2 Å². The number of nitrogens with zero attached hydrogens (tertiary/aromatic N) is 3. The Morgan fingerprint density at radius 2 is 2.23 bits per heavy atom. The van der Waals surface area contributed by atoms with Crippen molar-refractivity contribution in [2.45, 2.75) is 26.4 Å². The van der Waals surface area contributed by atoms with Crippen molar-refractivity contribution in [1.82, 2.24) is 14.6 Å². The molecule has 3 heterocycles. The van der Waals surface area contributed by atoms with Gasteiger partial charge in [0.25, 0.3) is 5.56 Å². The summed E-state index contributed by atoms with van der Waals surface area (Å²) in [4.78, 5) is 31.7. The molecule has 1 N–H and O–H groups in total. The maximum atomic E-state index is 13.0. The second kappa shape index (κ2) is 6.17. The molecule has 1 atom stereocenters. The minimum absolute atomic E-state index is 0.0434. The SMILES string of the molecule is Cc1nc2cc[nH]n2c(=O)c1CC(=O)N1CC(C)Oc2c(Cl)cccc21. The van der Waals surface area contributed by atoms with Crippen molar-refractivity contribution >= 4 is 28.8 Å². The van der Waals surface area contributed by atoms with Crippen molar-refractivity contribution in [2.24, 2.45) is 0 Å². The van der Waals surface area contributed by atoms with Crippen LogP contribution in [-0.4, -0.2) is 33.2 Å². The van der Waals surface area contributed by atoms with Gasteiger partial charge in [-0.1, -0.05) is 17.7 Å². The molecule has 0 saturated heterocycles. The number of nitrogens with one attached hydrogen (secondary N) is 1. The van der Waals surface area contributed by atoms with Crippen LogP contribution >= 0.6 is 11.6 Å². The number of hydrogen-bond donors (Lipinski definition) is 1. The zero-order valence-corrected chi connectivity index (χ0v) is 15.1. The van der Waals surface area contributed by atoms with E-state index in [1.165, 1.54) is 4.52 Å². The summed E-state index contributed by atoms with van der Waals surface area (Å²) in [5.41, 5.74) is 1.81. The fourth-order valence-electron chi connectivity index (χ4n) is 3.21. The predicted octanol–water partition coefficient (Wildman–Crippen LogP) is 2.34. The van der Waals surface area contributed by atoms with Gasteiger partial charge in [0.1, 0.15) is 6.10 Å².